The summed E-state index contributed by atoms with van der Waals surface area (Å²) in [4.78, 5) is 0. The Labute approximate surface area is 83.5 Å². The molecular formula is C14H10. The van der Waals surface area contributed by atoms with Gasteiger partial charge in [-0.05, 0) is 28.3 Å². The smallest absolute Gasteiger partial charge is 0.0105 e. The lowest BCUT2D eigenvalue weighted by Gasteiger charge is -1.94. The maximum absolute atomic E-state index is 2.24. The zero-order valence-electron chi connectivity index (χ0n) is 7.77. The fourth-order valence-corrected chi connectivity index (χ4v) is 1.97. The molecule has 3 rings (SSSR count). The topological polar surface area (TPSA) is 0 Å². The van der Waals surface area contributed by atoms with E-state index in [2.05, 4.69) is 60.7 Å². The molecule has 3 aliphatic carbocycles. The Morgan fingerprint density at radius 1 is 0.500 bits per heavy atom. The van der Waals surface area contributed by atoms with Crippen LogP contribution in [0.5, 0.6) is 0 Å². The average Bonchev–Trinajstić information content (AvgIpc) is 2.67. The van der Waals surface area contributed by atoms with Crippen molar-refractivity contribution in [3.05, 3.63) is 60.7 Å². The standard InChI is InChI=1S/C14H10/c1-2-4-8-13-11(6-3-1)10-12-7-5-9-14(12)13/h1-10H. The lowest BCUT2D eigenvalue weighted by Crippen LogP contribution is -1.68. The van der Waals surface area contributed by atoms with Crippen LogP contribution in [0.4, 0.5) is 0 Å². The first kappa shape index (κ1) is 7.57. The van der Waals surface area contributed by atoms with E-state index in [0.29, 0.717) is 0 Å². The summed E-state index contributed by atoms with van der Waals surface area (Å²) < 4.78 is 0. The van der Waals surface area contributed by atoms with Crippen LogP contribution in [0.2, 0.25) is 0 Å². The van der Waals surface area contributed by atoms with Gasteiger partial charge in [0.2, 0.25) is 0 Å². The highest BCUT2D eigenvalue weighted by Gasteiger charge is 2.12. The van der Waals surface area contributed by atoms with E-state index >= 15 is 0 Å². The van der Waals surface area contributed by atoms with E-state index in [0.717, 1.165) is 0 Å². The van der Waals surface area contributed by atoms with Crippen molar-refractivity contribution >= 4 is 0 Å². The summed E-state index contributed by atoms with van der Waals surface area (Å²) in [5.41, 5.74) is 5.35. The minimum atomic E-state index is 1.32. The van der Waals surface area contributed by atoms with Gasteiger partial charge in [0, 0.05) is 0 Å². The number of hydrogen-bond acceptors (Lipinski definition) is 0. The van der Waals surface area contributed by atoms with Gasteiger partial charge in [-0.15, -0.1) is 0 Å². The quantitative estimate of drug-likeness (QED) is 0.489. The Balaban J connectivity index is 2.42. The molecule has 0 nitrogen and oxygen atoms in total. The molecule has 0 saturated carbocycles. The van der Waals surface area contributed by atoms with E-state index in [9.17, 15) is 0 Å². The summed E-state index contributed by atoms with van der Waals surface area (Å²) in [5, 5.41) is 0. The fraction of sp³-hybridized carbons (Fsp3) is 0. The van der Waals surface area contributed by atoms with Crippen LogP contribution in [0, 0.1) is 0 Å². The second kappa shape index (κ2) is 2.85. The molecule has 0 atom stereocenters. The molecule has 0 aromatic heterocycles. The van der Waals surface area contributed by atoms with Crippen LogP contribution in [-0.4, -0.2) is 0 Å². The van der Waals surface area contributed by atoms with Gasteiger partial charge in [0.25, 0.3) is 0 Å². The molecular weight excluding hydrogens is 168 g/mol. The highest BCUT2D eigenvalue weighted by atomic mass is 14.2. The first-order valence-corrected chi connectivity index (χ1v) is 4.82. The van der Waals surface area contributed by atoms with Crippen LogP contribution in [0.15, 0.2) is 60.7 Å². The van der Waals surface area contributed by atoms with E-state index in [1.807, 2.05) is 0 Å². The van der Waals surface area contributed by atoms with Gasteiger partial charge in [0.15, 0.2) is 0 Å². The maximum Gasteiger partial charge on any atom is -0.0105 e. The predicted octanol–water partition coefficient (Wildman–Crippen LogP) is 3.90. The Morgan fingerprint density at radius 3 is 1.86 bits per heavy atom. The first-order chi connectivity index (χ1) is 6.95. The van der Waals surface area contributed by atoms with E-state index in [1.165, 1.54) is 22.3 Å². The summed E-state index contributed by atoms with van der Waals surface area (Å²) in [6.45, 7) is 0. The molecule has 0 saturated heterocycles. The highest BCUT2D eigenvalue weighted by molar-refractivity contribution is 5.90. The molecule has 0 unspecified atom stereocenters. The van der Waals surface area contributed by atoms with E-state index < -0.39 is 0 Å². The van der Waals surface area contributed by atoms with Crippen molar-refractivity contribution in [2.24, 2.45) is 0 Å². The van der Waals surface area contributed by atoms with Crippen molar-refractivity contribution in [3.8, 4) is 22.3 Å². The summed E-state index contributed by atoms with van der Waals surface area (Å²) in [6, 6.07) is 21.3. The number of fused-ring (bicyclic) bond motifs is 3. The fourth-order valence-electron chi connectivity index (χ4n) is 1.97. The number of hydrogen-bond donors (Lipinski definition) is 0. The Morgan fingerprint density at radius 2 is 1.07 bits per heavy atom. The van der Waals surface area contributed by atoms with Crippen LogP contribution < -0.4 is 0 Å². The summed E-state index contributed by atoms with van der Waals surface area (Å²) >= 11 is 0. The minimum absolute atomic E-state index is 1.32. The second-order valence-electron chi connectivity index (χ2n) is 3.51. The molecule has 0 fully saturated rings. The van der Waals surface area contributed by atoms with Crippen molar-refractivity contribution in [1.29, 1.82) is 0 Å². The van der Waals surface area contributed by atoms with Crippen LogP contribution in [0.1, 0.15) is 0 Å². The molecule has 0 N–H and O–H groups in total. The molecule has 0 spiro atoms. The molecule has 0 aliphatic heterocycles. The van der Waals surface area contributed by atoms with Gasteiger partial charge in [-0.25, -0.2) is 0 Å². The van der Waals surface area contributed by atoms with Crippen molar-refractivity contribution in [3.63, 3.8) is 0 Å². The monoisotopic (exact) mass is 178 g/mol. The first-order valence-electron chi connectivity index (χ1n) is 4.82. The minimum Gasteiger partial charge on any atom is -0.0622 e. The lowest BCUT2D eigenvalue weighted by molar-refractivity contribution is 1.71. The van der Waals surface area contributed by atoms with E-state index in [-0.39, 0.29) is 0 Å². The Hall–Kier alpha value is -1.82. The molecule has 14 heavy (non-hydrogen) atoms. The maximum atomic E-state index is 2.24. The van der Waals surface area contributed by atoms with E-state index in [4.69, 9.17) is 0 Å². The zero-order valence-corrected chi connectivity index (χ0v) is 7.77. The molecule has 66 valence electrons. The predicted molar refractivity (Wildman–Crippen MR) is 59.7 cm³/mol. The van der Waals surface area contributed by atoms with Crippen molar-refractivity contribution in [1.82, 2.24) is 0 Å². The summed E-state index contributed by atoms with van der Waals surface area (Å²) in [7, 11) is 0. The molecule has 0 aromatic rings. The van der Waals surface area contributed by atoms with Crippen molar-refractivity contribution < 1.29 is 0 Å². The Kier molecular flexibility index (Phi) is 1.54. The molecule has 0 amide bonds. The average molecular weight is 178 g/mol. The third kappa shape index (κ3) is 1.01. The van der Waals surface area contributed by atoms with Gasteiger partial charge < -0.3 is 0 Å². The van der Waals surface area contributed by atoms with Gasteiger partial charge in [-0.2, -0.15) is 0 Å². The molecule has 0 heterocycles. The second-order valence-corrected chi connectivity index (χ2v) is 3.51. The van der Waals surface area contributed by atoms with Crippen LogP contribution in [0.3, 0.4) is 0 Å². The third-order valence-electron chi connectivity index (χ3n) is 2.63. The highest BCUT2D eigenvalue weighted by Crippen LogP contribution is 2.38. The lowest BCUT2D eigenvalue weighted by atomic mass is 10.1. The van der Waals surface area contributed by atoms with Crippen LogP contribution in [-0.2, 0) is 0 Å². The molecule has 3 aliphatic rings. The molecule has 0 radical (unpaired) electrons. The van der Waals surface area contributed by atoms with Crippen LogP contribution in [0.25, 0.3) is 22.3 Å². The van der Waals surface area contributed by atoms with Gasteiger partial charge in [0.1, 0.15) is 0 Å². The van der Waals surface area contributed by atoms with Crippen molar-refractivity contribution in [2.75, 3.05) is 0 Å². The van der Waals surface area contributed by atoms with Gasteiger partial charge >= 0.3 is 0 Å². The zero-order chi connectivity index (χ0) is 9.38. The third-order valence-corrected chi connectivity index (χ3v) is 2.63. The molecule has 0 aromatic carbocycles. The van der Waals surface area contributed by atoms with E-state index in [1.54, 1.807) is 0 Å². The van der Waals surface area contributed by atoms with Crippen molar-refractivity contribution in [2.45, 2.75) is 0 Å². The normalized spacial score (nSPS) is 10.9. The van der Waals surface area contributed by atoms with Gasteiger partial charge in [-0.3, -0.25) is 0 Å². The largest absolute Gasteiger partial charge is 0.0622 e. The summed E-state index contributed by atoms with van der Waals surface area (Å²) in [6.07, 6.45) is 0. The number of rotatable bonds is 0. The Bertz CT molecular complexity index is 510. The summed E-state index contributed by atoms with van der Waals surface area (Å²) in [5.74, 6) is 0. The van der Waals surface area contributed by atoms with Gasteiger partial charge in [-0.1, -0.05) is 54.6 Å². The SMILES string of the molecule is c1cccc2c3cccc-3cc-2cc1. The molecule has 0 bridgehead atoms. The molecule has 0 heteroatoms. The van der Waals surface area contributed by atoms with Gasteiger partial charge in [0.05, 0.1) is 0 Å². The van der Waals surface area contributed by atoms with Crippen LogP contribution >= 0.6 is 0 Å².